The van der Waals surface area contributed by atoms with Gasteiger partial charge in [-0.15, -0.1) is 11.3 Å². The highest BCUT2D eigenvalue weighted by atomic mass is 79.9. The minimum absolute atomic E-state index is 0.218. The molecule has 2 nitrogen and oxygen atoms in total. The fraction of sp³-hybridized carbons (Fsp3) is 0.286. The van der Waals surface area contributed by atoms with E-state index in [1.807, 2.05) is 13.1 Å². The van der Waals surface area contributed by atoms with E-state index in [1.165, 1.54) is 11.6 Å². The number of nitrogens with two attached hydrogens (primary N) is 1. The van der Waals surface area contributed by atoms with E-state index in [0.717, 1.165) is 21.5 Å². The second kappa shape index (κ2) is 6.61. The number of nitrogens with zero attached hydrogens (tertiary/aromatic N) is 1. The Morgan fingerprint density at radius 3 is 2.47 bits per heavy atom. The maximum absolute atomic E-state index is 13.4. The summed E-state index contributed by atoms with van der Waals surface area (Å²) in [6.45, 7) is 1.92. The van der Waals surface area contributed by atoms with Crippen LogP contribution in [-0.4, -0.2) is 11.9 Å². The van der Waals surface area contributed by atoms with E-state index in [2.05, 4.69) is 32.3 Å². The van der Waals surface area contributed by atoms with Gasteiger partial charge in [-0.05, 0) is 63.2 Å². The highest BCUT2D eigenvalue weighted by Gasteiger charge is 2.06. The zero-order chi connectivity index (χ0) is 13.8. The average molecular weight is 343 g/mol. The molecule has 0 radical (unpaired) electrons. The van der Waals surface area contributed by atoms with Crippen LogP contribution in [0.1, 0.15) is 16.7 Å². The zero-order valence-corrected chi connectivity index (χ0v) is 13.1. The summed E-state index contributed by atoms with van der Waals surface area (Å²) in [4.78, 5) is 2.16. The maximum atomic E-state index is 13.4. The highest BCUT2D eigenvalue weighted by Crippen LogP contribution is 2.22. The minimum atomic E-state index is -0.218. The van der Waals surface area contributed by atoms with E-state index in [9.17, 15) is 4.39 Å². The predicted octanol–water partition coefficient (Wildman–Crippen LogP) is 3.74. The van der Waals surface area contributed by atoms with Crippen molar-refractivity contribution in [2.45, 2.75) is 19.6 Å². The lowest BCUT2D eigenvalue weighted by molar-refractivity contribution is 0.319. The van der Waals surface area contributed by atoms with Crippen LogP contribution in [0.5, 0.6) is 0 Å². The first-order valence-corrected chi connectivity index (χ1v) is 7.64. The van der Waals surface area contributed by atoms with Gasteiger partial charge in [-0.25, -0.2) is 4.39 Å². The molecule has 0 atom stereocenters. The molecular weight excluding hydrogens is 327 g/mol. The molecule has 1 aromatic heterocycles. The maximum Gasteiger partial charge on any atom is 0.123 e. The van der Waals surface area contributed by atoms with Crippen LogP contribution in [0.25, 0.3) is 0 Å². The van der Waals surface area contributed by atoms with Crippen LogP contribution in [0.4, 0.5) is 4.39 Å². The van der Waals surface area contributed by atoms with Crippen molar-refractivity contribution in [2.75, 3.05) is 7.05 Å². The zero-order valence-electron chi connectivity index (χ0n) is 10.7. The third-order valence-corrected chi connectivity index (χ3v) is 4.33. The van der Waals surface area contributed by atoms with Gasteiger partial charge in [0.05, 0.1) is 3.79 Å². The Kier molecular flexibility index (Phi) is 5.10. The molecule has 1 aromatic carbocycles. The average Bonchev–Trinajstić information content (AvgIpc) is 2.73. The van der Waals surface area contributed by atoms with Crippen molar-refractivity contribution >= 4 is 27.3 Å². The molecule has 102 valence electrons. The van der Waals surface area contributed by atoms with Gasteiger partial charge in [0, 0.05) is 19.6 Å². The number of benzene rings is 1. The van der Waals surface area contributed by atoms with Crippen LogP contribution in [0.15, 0.2) is 33.4 Å². The Hall–Kier alpha value is -0.750. The van der Waals surface area contributed by atoms with Crippen molar-refractivity contribution in [1.82, 2.24) is 4.90 Å². The molecule has 2 rings (SSSR count). The SMILES string of the molecule is CN(Cc1cc(F)cc(CN)c1)Cc1csc(Br)c1. The van der Waals surface area contributed by atoms with Gasteiger partial charge in [0.1, 0.15) is 5.82 Å². The van der Waals surface area contributed by atoms with E-state index in [-0.39, 0.29) is 5.82 Å². The quantitative estimate of drug-likeness (QED) is 0.896. The summed E-state index contributed by atoms with van der Waals surface area (Å²) < 4.78 is 14.5. The fourth-order valence-corrected chi connectivity index (χ4v) is 3.23. The van der Waals surface area contributed by atoms with Gasteiger partial charge in [0.15, 0.2) is 0 Å². The molecule has 0 saturated heterocycles. The second-order valence-electron chi connectivity index (χ2n) is 4.60. The first-order valence-electron chi connectivity index (χ1n) is 5.96. The minimum Gasteiger partial charge on any atom is -0.326 e. The summed E-state index contributed by atoms with van der Waals surface area (Å²) >= 11 is 5.13. The third kappa shape index (κ3) is 4.38. The fourth-order valence-electron chi connectivity index (χ4n) is 2.03. The van der Waals surface area contributed by atoms with Gasteiger partial charge in [0.2, 0.25) is 0 Å². The van der Waals surface area contributed by atoms with E-state index in [0.29, 0.717) is 13.1 Å². The van der Waals surface area contributed by atoms with Crippen LogP contribution in [0.3, 0.4) is 0 Å². The van der Waals surface area contributed by atoms with E-state index in [1.54, 1.807) is 17.4 Å². The normalized spacial score (nSPS) is 11.2. The van der Waals surface area contributed by atoms with E-state index >= 15 is 0 Å². The van der Waals surface area contributed by atoms with Gasteiger partial charge < -0.3 is 5.73 Å². The Morgan fingerprint density at radius 1 is 1.16 bits per heavy atom. The third-order valence-electron chi connectivity index (χ3n) is 2.78. The Balaban J connectivity index is 2.02. The summed E-state index contributed by atoms with van der Waals surface area (Å²) in [7, 11) is 2.03. The number of thiophene rings is 1. The Bertz CT molecular complexity index is 556. The Labute approximate surface area is 125 Å². The summed E-state index contributed by atoms with van der Waals surface area (Å²) in [5, 5.41) is 2.12. The predicted molar refractivity (Wildman–Crippen MR) is 81.5 cm³/mol. The summed E-state index contributed by atoms with van der Waals surface area (Å²) in [5.74, 6) is -0.218. The van der Waals surface area contributed by atoms with E-state index in [4.69, 9.17) is 5.73 Å². The standard InChI is InChI=1S/C14H16BrFN2S/c1-18(8-12-5-14(15)19-9-12)7-11-2-10(6-17)3-13(16)4-11/h2-5,9H,6-8,17H2,1H3. The van der Waals surface area contributed by atoms with Gasteiger partial charge in [0.25, 0.3) is 0 Å². The van der Waals surface area contributed by atoms with Gasteiger partial charge in [-0.2, -0.15) is 0 Å². The molecule has 0 aliphatic rings. The van der Waals surface area contributed by atoms with Gasteiger partial charge >= 0.3 is 0 Å². The Morgan fingerprint density at radius 2 is 1.84 bits per heavy atom. The van der Waals surface area contributed by atoms with Crippen molar-refractivity contribution in [3.05, 3.63) is 55.9 Å². The molecule has 0 bridgehead atoms. The first kappa shape index (κ1) is 14.7. The van der Waals surface area contributed by atoms with Gasteiger partial charge in [-0.3, -0.25) is 4.90 Å². The van der Waals surface area contributed by atoms with Crippen molar-refractivity contribution < 1.29 is 4.39 Å². The van der Waals surface area contributed by atoms with Gasteiger partial charge in [-0.1, -0.05) is 6.07 Å². The molecule has 2 N–H and O–H groups in total. The van der Waals surface area contributed by atoms with E-state index < -0.39 is 0 Å². The number of rotatable bonds is 5. The molecule has 0 aliphatic heterocycles. The van der Waals surface area contributed by atoms with Crippen LogP contribution < -0.4 is 5.73 Å². The molecule has 1 heterocycles. The van der Waals surface area contributed by atoms with Crippen molar-refractivity contribution in [3.63, 3.8) is 0 Å². The number of hydrogen-bond donors (Lipinski definition) is 1. The lowest BCUT2D eigenvalue weighted by Gasteiger charge is -2.16. The highest BCUT2D eigenvalue weighted by molar-refractivity contribution is 9.11. The topological polar surface area (TPSA) is 29.3 Å². The number of hydrogen-bond acceptors (Lipinski definition) is 3. The molecule has 19 heavy (non-hydrogen) atoms. The first-order chi connectivity index (χ1) is 9.06. The summed E-state index contributed by atoms with van der Waals surface area (Å²) in [6, 6.07) is 7.12. The smallest absolute Gasteiger partial charge is 0.123 e. The summed E-state index contributed by atoms with van der Waals surface area (Å²) in [5.41, 5.74) is 8.61. The molecule has 0 spiro atoms. The molecular formula is C14H16BrFN2S. The van der Waals surface area contributed by atoms with Crippen LogP contribution in [-0.2, 0) is 19.6 Å². The molecule has 0 aliphatic carbocycles. The largest absolute Gasteiger partial charge is 0.326 e. The summed E-state index contributed by atoms with van der Waals surface area (Å²) in [6.07, 6.45) is 0. The molecule has 0 unspecified atom stereocenters. The monoisotopic (exact) mass is 342 g/mol. The van der Waals surface area contributed by atoms with Crippen molar-refractivity contribution in [3.8, 4) is 0 Å². The van der Waals surface area contributed by atoms with Crippen LogP contribution >= 0.6 is 27.3 Å². The van der Waals surface area contributed by atoms with Crippen LogP contribution in [0.2, 0.25) is 0 Å². The number of halogens is 2. The lowest BCUT2D eigenvalue weighted by atomic mass is 10.1. The second-order valence-corrected chi connectivity index (χ2v) is 6.89. The van der Waals surface area contributed by atoms with Crippen LogP contribution in [0, 0.1) is 5.82 Å². The van der Waals surface area contributed by atoms with Crippen molar-refractivity contribution in [2.24, 2.45) is 5.73 Å². The van der Waals surface area contributed by atoms with Crippen molar-refractivity contribution in [1.29, 1.82) is 0 Å². The lowest BCUT2D eigenvalue weighted by Crippen LogP contribution is -2.17. The molecule has 0 saturated carbocycles. The molecule has 5 heteroatoms. The molecule has 0 fully saturated rings. The molecule has 0 amide bonds. The molecule has 2 aromatic rings.